The van der Waals surface area contributed by atoms with Crippen LogP contribution in [0.4, 0.5) is 5.69 Å². The normalized spacial score (nSPS) is 15.6. The topological polar surface area (TPSA) is 28.0 Å². The van der Waals surface area contributed by atoms with Crippen LogP contribution in [0.25, 0.3) is 11.6 Å². The van der Waals surface area contributed by atoms with Crippen LogP contribution in [-0.2, 0) is 0 Å². The first kappa shape index (κ1) is 18.6. The van der Waals surface area contributed by atoms with E-state index in [0.29, 0.717) is 5.96 Å². The third-order valence-corrected chi connectivity index (χ3v) is 4.71. The Morgan fingerprint density at radius 1 is 1.15 bits per heavy atom. The lowest BCUT2D eigenvalue weighted by Gasteiger charge is -2.20. The number of nitrogens with zero attached hydrogens (tertiary/aromatic N) is 3. The van der Waals surface area contributed by atoms with Gasteiger partial charge in [0.25, 0.3) is 0 Å². The van der Waals surface area contributed by atoms with Gasteiger partial charge in [-0.15, -0.1) is 0 Å². The van der Waals surface area contributed by atoms with Crippen molar-refractivity contribution in [2.45, 2.75) is 13.3 Å². The van der Waals surface area contributed by atoms with Gasteiger partial charge in [0.2, 0.25) is 5.96 Å². The van der Waals surface area contributed by atoms with Gasteiger partial charge in [0.15, 0.2) is 0 Å². The van der Waals surface area contributed by atoms with Crippen LogP contribution >= 0.6 is 0 Å². The molecule has 0 atom stereocenters. The van der Waals surface area contributed by atoms with E-state index in [0.717, 1.165) is 23.4 Å². The van der Waals surface area contributed by atoms with E-state index in [2.05, 4.69) is 79.2 Å². The summed E-state index contributed by atoms with van der Waals surface area (Å²) >= 11 is 0. The summed E-state index contributed by atoms with van der Waals surface area (Å²) < 4.78 is 0. The molecule has 0 fully saturated rings. The lowest BCUT2D eigenvalue weighted by atomic mass is 9.96. The second kappa shape index (κ2) is 8.45. The van der Waals surface area contributed by atoms with E-state index in [4.69, 9.17) is 4.99 Å². The predicted molar refractivity (Wildman–Crippen MR) is 119 cm³/mol. The molecule has 0 aliphatic heterocycles. The minimum Gasteiger partial charge on any atom is -0.314 e. The lowest BCUT2D eigenvalue weighted by molar-refractivity contribution is 1.19. The van der Waals surface area contributed by atoms with Crippen molar-refractivity contribution in [3.05, 3.63) is 90.0 Å². The molecule has 0 saturated heterocycles. The van der Waals surface area contributed by atoms with Crippen LogP contribution in [0.5, 0.6) is 0 Å². The van der Waals surface area contributed by atoms with Crippen molar-refractivity contribution in [1.29, 1.82) is 0 Å². The molecule has 3 rings (SSSR count). The minimum absolute atomic E-state index is 0.690. The molecule has 0 bridgehead atoms. The van der Waals surface area contributed by atoms with Gasteiger partial charge in [0, 0.05) is 31.9 Å². The number of aryl methyl sites for hydroxylation is 1. The number of allylic oxidation sites excluding steroid dienone is 4. The maximum Gasteiger partial charge on any atom is 0.224 e. The zero-order chi connectivity index (χ0) is 19.2. The van der Waals surface area contributed by atoms with E-state index in [1.807, 2.05) is 24.1 Å². The molecule has 0 saturated carbocycles. The standard InChI is InChI=1S/C24H25N3/c1-5-19-14-15-23(16-18(19)2)27(4)24(25-3)26-22-13-9-12-21(17-22)20-10-7-6-8-11-20/h5-16H,1,17H2,2-4H3/b25-24?,26-22-. The van der Waals surface area contributed by atoms with Crippen molar-refractivity contribution in [2.75, 3.05) is 19.0 Å². The van der Waals surface area contributed by atoms with Gasteiger partial charge in [-0.1, -0.05) is 61.2 Å². The van der Waals surface area contributed by atoms with Gasteiger partial charge in [-0.3, -0.25) is 4.99 Å². The lowest BCUT2D eigenvalue weighted by Crippen LogP contribution is -2.26. The molecule has 1 aliphatic rings. The predicted octanol–water partition coefficient (Wildman–Crippen LogP) is 5.54. The first-order chi connectivity index (χ1) is 13.1. The molecule has 0 unspecified atom stereocenters. The van der Waals surface area contributed by atoms with Gasteiger partial charge in [0.1, 0.15) is 0 Å². The van der Waals surface area contributed by atoms with Crippen molar-refractivity contribution < 1.29 is 0 Å². The summed E-state index contributed by atoms with van der Waals surface area (Å²) in [4.78, 5) is 11.2. The molecule has 2 aromatic carbocycles. The molecule has 0 heterocycles. The van der Waals surface area contributed by atoms with Crippen molar-refractivity contribution >= 4 is 29.0 Å². The smallest absolute Gasteiger partial charge is 0.224 e. The molecule has 0 spiro atoms. The van der Waals surface area contributed by atoms with Crippen molar-refractivity contribution in [2.24, 2.45) is 9.98 Å². The molecule has 0 aromatic heterocycles. The number of hydrogen-bond donors (Lipinski definition) is 0. The highest BCUT2D eigenvalue weighted by molar-refractivity contribution is 6.12. The second-order valence-corrected chi connectivity index (χ2v) is 6.52. The first-order valence-electron chi connectivity index (χ1n) is 9.06. The third kappa shape index (κ3) is 4.32. The molecule has 3 heteroatoms. The van der Waals surface area contributed by atoms with Crippen LogP contribution in [0, 0.1) is 6.92 Å². The van der Waals surface area contributed by atoms with E-state index < -0.39 is 0 Å². The summed E-state index contributed by atoms with van der Waals surface area (Å²) in [7, 11) is 3.77. The molecule has 1 aliphatic carbocycles. The Hall–Kier alpha value is -3.20. The monoisotopic (exact) mass is 355 g/mol. The van der Waals surface area contributed by atoms with Gasteiger partial charge in [-0.2, -0.15) is 0 Å². The summed E-state index contributed by atoms with van der Waals surface area (Å²) in [6, 6.07) is 16.7. The Balaban J connectivity index is 1.82. The Morgan fingerprint density at radius 3 is 2.59 bits per heavy atom. The van der Waals surface area contributed by atoms with E-state index in [9.17, 15) is 0 Å². The average Bonchev–Trinajstić information content (AvgIpc) is 2.72. The van der Waals surface area contributed by atoms with Crippen molar-refractivity contribution in [1.82, 2.24) is 0 Å². The maximum atomic E-state index is 4.82. The van der Waals surface area contributed by atoms with Crippen LogP contribution in [-0.4, -0.2) is 25.8 Å². The fraction of sp³-hybridized carbons (Fsp3) is 0.167. The number of hydrogen-bond acceptors (Lipinski definition) is 1. The van der Waals surface area contributed by atoms with Crippen molar-refractivity contribution in [3.8, 4) is 0 Å². The van der Waals surface area contributed by atoms with E-state index in [-0.39, 0.29) is 0 Å². The zero-order valence-electron chi connectivity index (χ0n) is 16.2. The molecule has 2 aromatic rings. The fourth-order valence-electron chi connectivity index (χ4n) is 3.13. The summed E-state index contributed by atoms with van der Waals surface area (Å²) in [5.41, 5.74) is 6.88. The fourth-order valence-corrected chi connectivity index (χ4v) is 3.13. The molecular weight excluding hydrogens is 330 g/mol. The maximum absolute atomic E-state index is 4.82. The largest absolute Gasteiger partial charge is 0.314 e. The summed E-state index contributed by atoms with van der Waals surface area (Å²) in [6.45, 7) is 5.94. The van der Waals surface area contributed by atoms with Crippen LogP contribution in [0.15, 0.2) is 83.3 Å². The average molecular weight is 355 g/mol. The SMILES string of the molecule is C=Cc1ccc(N(C)C(=NC)/N=C2/C=CC=C(c3ccccc3)C2)cc1C. The van der Waals surface area contributed by atoms with E-state index in [1.54, 1.807) is 7.05 Å². The Morgan fingerprint density at radius 2 is 1.93 bits per heavy atom. The summed E-state index contributed by atoms with van der Waals surface area (Å²) in [5.74, 6) is 0.690. The summed E-state index contributed by atoms with van der Waals surface area (Å²) in [5, 5.41) is 0. The Bertz CT molecular complexity index is 947. The van der Waals surface area contributed by atoms with Crippen LogP contribution in [0.3, 0.4) is 0 Å². The van der Waals surface area contributed by atoms with Gasteiger partial charge in [-0.25, -0.2) is 4.99 Å². The van der Waals surface area contributed by atoms with Crippen LogP contribution in [0.1, 0.15) is 23.1 Å². The second-order valence-electron chi connectivity index (χ2n) is 6.52. The van der Waals surface area contributed by atoms with Gasteiger partial charge in [-0.05, 0) is 47.4 Å². The highest BCUT2D eigenvalue weighted by atomic mass is 15.3. The minimum atomic E-state index is 0.690. The van der Waals surface area contributed by atoms with E-state index >= 15 is 0 Å². The zero-order valence-corrected chi connectivity index (χ0v) is 16.2. The van der Waals surface area contributed by atoms with Crippen LogP contribution < -0.4 is 4.90 Å². The number of aliphatic imine (C=N–C) groups is 2. The van der Waals surface area contributed by atoms with Gasteiger partial charge in [0.05, 0.1) is 0 Å². The van der Waals surface area contributed by atoms with E-state index in [1.165, 1.54) is 16.7 Å². The number of rotatable bonds is 3. The summed E-state index contributed by atoms with van der Waals surface area (Å²) in [6.07, 6.45) is 8.93. The van der Waals surface area contributed by atoms with Crippen LogP contribution in [0.2, 0.25) is 0 Å². The number of benzene rings is 2. The molecule has 27 heavy (non-hydrogen) atoms. The molecular formula is C24H25N3. The highest BCUT2D eigenvalue weighted by Crippen LogP contribution is 2.23. The number of anilines is 1. The molecule has 3 nitrogen and oxygen atoms in total. The first-order valence-corrected chi connectivity index (χ1v) is 9.06. The Kier molecular flexibility index (Phi) is 5.82. The number of guanidine groups is 1. The highest BCUT2D eigenvalue weighted by Gasteiger charge is 2.12. The molecule has 0 radical (unpaired) electrons. The quantitative estimate of drug-likeness (QED) is 0.524. The molecule has 0 amide bonds. The van der Waals surface area contributed by atoms with Gasteiger partial charge < -0.3 is 4.90 Å². The molecule has 136 valence electrons. The third-order valence-electron chi connectivity index (χ3n) is 4.71. The van der Waals surface area contributed by atoms with Gasteiger partial charge >= 0.3 is 0 Å². The molecule has 0 N–H and O–H groups in total. The Labute approximate surface area is 161 Å². The van der Waals surface area contributed by atoms with Crippen molar-refractivity contribution in [3.63, 3.8) is 0 Å².